The summed E-state index contributed by atoms with van der Waals surface area (Å²) in [5.41, 5.74) is 5.72. The molecular weight excluding hydrogens is 236 g/mol. The Morgan fingerprint density at radius 3 is 2.87 bits per heavy atom. The average molecular weight is 251 g/mol. The summed E-state index contributed by atoms with van der Waals surface area (Å²) >= 11 is 1.60. The highest BCUT2D eigenvalue weighted by Gasteiger charge is 2.18. The van der Waals surface area contributed by atoms with E-state index in [0.29, 0.717) is 6.42 Å². The number of amides is 1. The first-order valence-electron chi connectivity index (χ1n) is 4.24. The Labute approximate surface area is 99.4 Å². The van der Waals surface area contributed by atoms with Crippen LogP contribution in [0.1, 0.15) is 4.88 Å². The molecule has 1 rings (SSSR count). The van der Waals surface area contributed by atoms with Crippen LogP contribution in [-0.2, 0) is 16.1 Å². The van der Waals surface area contributed by atoms with Gasteiger partial charge in [-0.25, -0.2) is 5.06 Å². The molecule has 0 bridgehead atoms. The van der Waals surface area contributed by atoms with Gasteiger partial charge in [-0.1, -0.05) is 6.07 Å². The van der Waals surface area contributed by atoms with Crippen molar-refractivity contribution in [3.8, 4) is 0 Å². The number of hydrogen-bond donors (Lipinski definition) is 1. The van der Waals surface area contributed by atoms with Gasteiger partial charge in [-0.15, -0.1) is 23.7 Å². The molecule has 1 aromatic rings. The van der Waals surface area contributed by atoms with Crippen LogP contribution in [0.15, 0.2) is 17.5 Å². The van der Waals surface area contributed by atoms with Crippen molar-refractivity contribution < 1.29 is 9.63 Å². The second-order valence-corrected chi connectivity index (χ2v) is 3.94. The fraction of sp³-hybridized carbons (Fsp3) is 0.444. The topological polar surface area (TPSA) is 55.6 Å². The van der Waals surface area contributed by atoms with E-state index in [-0.39, 0.29) is 18.3 Å². The Bertz CT molecular complexity index is 292. The van der Waals surface area contributed by atoms with Gasteiger partial charge in [-0.3, -0.25) is 9.63 Å². The molecule has 0 radical (unpaired) electrons. The standard InChI is InChI=1S/C9H14N2O2S.ClH/c1-11(13-2)9(12)8(10)6-7-4-3-5-14-7;/h3-5,8H,6,10H2,1-2H3;1H/t8-;/m0./s1. The van der Waals surface area contributed by atoms with E-state index in [0.717, 1.165) is 9.94 Å². The molecule has 1 atom stereocenters. The lowest BCUT2D eigenvalue weighted by Gasteiger charge is -2.17. The Morgan fingerprint density at radius 2 is 2.40 bits per heavy atom. The highest BCUT2D eigenvalue weighted by molar-refractivity contribution is 7.09. The molecule has 15 heavy (non-hydrogen) atoms. The molecule has 1 aromatic heterocycles. The van der Waals surface area contributed by atoms with E-state index in [2.05, 4.69) is 0 Å². The molecule has 1 heterocycles. The van der Waals surface area contributed by atoms with Crippen LogP contribution in [-0.4, -0.2) is 31.2 Å². The van der Waals surface area contributed by atoms with Crippen LogP contribution in [0.2, 0.25) is 0 Å². The van der Waals surface area contributed by atoms with Crippen molar-refractivity contribution in [2.45, 2.75) is 12.5 Å². The van der Waals surface area contributed by atoms with Gasteiger partial charge >= 0.3 is 0 Å². The van der Waals surface area contributed by atoms with Crippen LogP contribution in [0.4, 0.5) is 0 Å². The number of carbonyl (C=O) groups excluding carboxylic acids is 1. The maximum absolute atomic E-state index is 11.5. The lowest BCUT2D eigenvalue weighted by Crippen LogP contribution is -2.42. The molecule has 86 valence electrons. The van der Waals surface area contributed by atoms with Gasteiger partial charge in [0.25, 0.3) is 5.91 Å². The number of carbonyl (C=O) groups is 1. The second kappa shape index (κ2) is 6.79. The van der Waals surface area contributed by atoms with Crippen molar-refractivity contribution >= 4 is 29.7 Å². The summed E-state index contributed by atoms with van der Waals surface area (Å²) in [5, 5.41) is 3.12. The molecule has 0 saturated heterocycles. The van der Waals surface area contributed by atoms with Crippen LogP contribution >= 0.6 is 23.7 Å². The number of nitrogens with two attached hydrogens (primary N) is 1. The number of thiophene rings is 1. The minimum Gasteiger partial charge on any atom is -0.320 e. The molecule has 2 N–H and O–H groups in total. The van der Waals surface area contributed by atoms with E-state index in [4.69, 9.17) is 10.6 Å². The smallest absolute Gasteiger partial charge is 0.263 e. The highest BCUT2D eigenvalue weighted by Crippen LogP contribution is 2.11. The minimum atomic E-state index is -0.529. The quantitative estimate of drug-likeness (QED) is 0.813. The molecule has 0 spiro atoms. The SMILES string of the molecule is CON(C)C(=O)[C@@H](N)Cc1cccs1.Cl. The van der Waals surface area contributed by atoms with Crippen molar-refractivity contribution in [3.05, 3.63) is 22.4 Å². The lowest BCUT2D eigenvalue weighted by molar-refractivity contribution is -0.170. The van der Waals surface area contributed by atoms with Gasteiger partial charge in [-0.2, -0.15) is 0 Å². The maximum Gasteiger partial charge on any atom is 0.263 e. The predicted octanol–water partition coefficient (Wildman–Crippen LogP) is 1.06. The lowest BCUT2D eigenvalue weighted by atomic mass is 10.2. The van der Waals surface area contributed by atoms with Gasteiger partial charge in [0, 0.05) is 18.3 Å². The van der Waals surface area contributed by atoms with Gasteiger partial charge in [-0.05, 0) is 11.4 Å². The summed E-state index contributed by atoms with van der Waals surface area (Å²) in [7, 11) is 2.99. The van der Waals surface area contributed by atoms with Crippen LogP contribution < -0.4 is 5.73 Å². The third kappa shape index (κ3) is 4.17. The third-order valence-electron chi connectivity index (χ3n) is 1.90. The van der Waals surface area contributed by atoms with Crippen molar-refractivity contribution in [1.82, 2.24) is 5.06 Å². The number of nitrogens with zero attached hydrogens (tertiary/aromatic N) is 1. The molecule has 0 unspecified atom stereocenters. The first kappa shape index (κ1) is 14.4. The first-order chi connectivity index (χ1) is 6.65. The van der Waals surface area contributed by atoms with Crippen molar-refractivity contribution in [2.24, 2.45) is 5.73 Å². The zero-order chi connectivity index (χ0) is 10.6. The zero-order valence-corrected chi connectivity index (χ0v) is 10.3. The van der Waals surface area contributed by atoms with Crippen LogP contribution in [0.5, 0.6) is 0 Å². The zero-order valence-electron chi connectivity index (χ0n) is 8.67. The summed E-state index contributed by atoms with van der Waals surface area (Å²) in [6.45, 7) is 0. The number of hydroxylamine groups is 2. The number of halogens is 1. The molecule has 0 aliphatic rings. The van der Waals surface area contributed by atoms with Gasteiger partial charge in [0.1, 0.15) is 0 Å². The second-order valence-electron chi connectivity index (χ2n) is 2.91. The molecule has 0 fully saturated rings. The molecule has 6 heteroatoms. The summed E-state index contributed by atoms with van der Waals surface area (Å²) in [6, 6.07) is 3.38. The Hall–Kier alpha value is -0.620. The van der Waals surface area contributed by atoms with E-state index in [9.17, 15) is 4.79 Å². The van der Waals surface area contributed by atoms with Crippen molar-refractivity contribution in [2.75, 3.05) is 14.2 Å². The summed E-state index contributed by atoms with van der Waals surface area (Å²) in [6.07, 6.45) is 0.560. The van der Waals surface area contributed by atoms with Crippen LogP contribution in [0.3, 0.4) is 0 Å². The van der Waals surface area contributed by atoms with E-state index in [1.807, 2.05) is 17.5 Å². The number of hydrogen-bond acceptors (Lipinski definition) is 4. The maximum atomic E-state index is 11.5. The van der Waals surface area contributed by atoms with Crippen molar-refractivity contribution in [1.29, 1.82) is 0 Å². The summed E-state index contributed by atoms with van der Waals surface area (Å²) in [5.74, 6) is -0.208. The first-order valence-corrected chi connectivity index (χ1v) is 5.12. The summed E-state index contributed by atoms with van der Waals surface area (Å²) in [4.78, 5) is 17.3. The molecule has 0 aliphatic heterocycles. The molecule has 1 amide bonds. The fourth-order valence-electron chi connectivity index (χ4n) is 1.06. The Balaban J connectivity index is 0.00000196. The van der Waals surface area contributed by atoms with E-state index < -0.39 is 6.04 Å². The predicted molar refractivity (Wildman–Crippen MR) is 63.0 cm³/mol. The molecule has 0 saturated carbocycles. The fourth-order valence-corrected chi connectivity index (χ4v) is 1.82. The normalized spacial score (nSPS) is 11.7. The average Bonchev–Trinajstić information content (AvgIpc) is 2.68. The molecule has 4 nitrogen and oxygen atoms in total. The van der Waals surface area contributed by atoms with Gasteiger partial charge in [0.05, 0.1) is 13.2 Å². The van der Waals surface area contributed by atoms with Crippen LogP contribution in [0, 0.1) is 0 Å². The monoisotopic (exact) mass is 250 g/mol. The van der Waals surface area contributed by atoms with Gasteiger partial charge in [0.15, 0.2) is 0 Å². The highest BCUT2D eigenvalue weighted by atomic mass is 35.5. The van der Waals surface area contributed by atoms with E-state index in [1.54, 1.807) is 18.4 Å². The van der Waals surface area contributed by atoms with Crippen LogP contribution in [0.25, 0.3) is 0 Å². The van der Waals surface area contributed by atoms with Crippen molar-refractivity contribution in [3.63, 3.8) is 0 Å². The number of likely N-dealkylation sites (N-methyl/N-ethyl adjacent to an activating group) is 1. The Morgan fingerprint density at radius 1 is 1.73 bits per heavy atom. The van der Waals surface area contributed by atoms with E-state index in [1.165, 1.54) is 7.11 Å². The number of rotatable bonds is 4. The van der Waals surface area contributed by atoms with E-state index >= 15 is 0 Å². The largest absolute Gasteiger partial charge is 0.320 e. The molecule has 0 aromatic carbocycles. The molecule has 0 aliphatic carbocycles. The Kier molecular flexibility index (Phi) is 6.51. The minimum absolute atomic E-state index is 0. The molecular formula is C9H15ClN2O2S. The van der Waals surface area contributed by atoms with Gasteiger partial charge < -0.3 is 5.73 Å². The third-order valence-corrected chi connectivity index (χ3v) is 2.80. The summed E-state index contributed by atoms with van der Waals surface area (Å²) < 4.78 is 0. The van der Waals surface area contributed by atoms with Gasteiger partial charge in [0.2, 0.25) is 0 Å².